The molecule has 1 aliphatic rings. The van der Waals surface area contributed by atoms with Crippen LogP contribution in [-0.4, -0.2) is 40.8 Å². The Hall–Kier alpha value is -2.56. The SMILES string of the molecule is C[C@@H](Cc1cccc2ccccc12)C1CN(C(=O)OC(C)(C)C)C[C@@H]1C(=O)O. The van der Waals surface area contributed by atoms with Crippen molar-refractivity contribution >= 4 is 22.8 Å². The fourth-order valence-electron chi connectivity index (χ4n) is 4.11. The van der Waals surface area contributed by atoms with E-state index in [1.54, 1.807) is 4.90 Å². The van der Waals surface area contributed by atoms with Crippen LogP contribution in [0.1, 0.15) is 33.3 Å². The van der Waals surface area contributed by atoms with Gasteiger partial charge < -0.3 is 14.7 Å². The van der Waals surface area contributed by atoms with Crippen molar-refractivity contribution < 1.29 is 19.4 Å². The van der Waals surface area contributed by atoms with Crippen LogP contribution in [0, 0.1) is 17.8 Å². The van der Waals surface area contributed by atoms with Crippen molar-refractivity contribution in [2.45, 2.75) is 39.7 Å². The predicted octanol–water partition coefficient (Wildman–Crippen LogP) is 4.59. The molecule has 1 fully saturated rings. The van der Waals surface area contributed by atoms with Crippen molar-refractivity contribution in [1.29, 1.82) is 0 Å². The van der Waals surface area contributed by atoms with E-state index in [4.69, 9.17) is 4.74 Å². The lowest BCUT2D eigenvalue weighted by Gasteiger charge is -2.25. The maximum atomic E-state index is 12.4. The second-order valence-corrected chi connectivity index (χ2v) is 8.81. The van der Waals surface area contributed by atoms with Crippen LogP contribution in [0.5, 0.6) is 0 Å². The van der Waals surface area contributed by atoms with Crippen molar-refractivity contribution in [1.82, 2.24) is 4.90 Å². The Labute approximate surface area is 166 Å². The number of aliphatic carboxylic acids is 1. The highest BCUT2D eigenvalue weighted by Gasteiger charge is 2.43. The van der Waals surface area contributed by atoms with Crippen LogP contribution in [0.3, 0.4) is 0 Å². The standard InChI is InChI=1S/C23H29NO4/c1-15(12-17-10-7-9-16-8-5-6-11-18(16)17)19-13-24(14-20(19)21(25)26)22(27)28-23(2,3)4/h5-11,15,19-20H,12-14H2,1-4H3,(H,25,26)/t15-,19?,20-/m0/s1. The van der Waals surface area contributed by atoms with E-state index in [1.807, 2.05) is 39.0 Å². The number of carbonyl (C=O) groups excluding carboxylic acids is 1. The van der Waals surface area contributed by atoms with Gasteiger partial charge in [-0.1, -0.05) is 49.4 Å². The van der Waals surface area contributed by atoms with Crippen molar-refractivity contribution in [3.05, 3.63) is 48.0 Å². The Bertz CT molecular complexity index is 865. The first-order chi connectivity index (χ1) is 13.2. The van der Waals surface area contributed by atoms with E-state index >= 15 is 0 Å². The van der Waals surface area contributed by atoms with Crippen LogP contribution in [-0.2, 0) is 16.0 Å². The molecule has 28 heavy (non-hydrogen) atoms. The van der Waals surface area contributed by atoms with Gasteiger partial charge in [0.05, 0.1) is 5.92 Å². The first-order valence-corrected chi connectivity index (χ1v) is 9.83. The normalized spacial score (nSPS) is 20.9. The third kappa shape index (κ3) is 4.46. The van der Waals surface area contributed by atoms with Gasteiger partial charge in [-0.05, 0) is 55.4 Å². The number of carbonyl (C=O) groups is 2. The lowest BCUT2D eigenvalue weighted by atomic mass is 9.81. The summed E-state index contributed by atoms with van der Waals surface area (Å²) in [6.07, 6.45) is 0.344. The highest BCUT2D eigenvalue weighted by Crippen LogP contribution is 2.34. The number of carboxylic acid groups (broad SMARTS) is 1. The fourth-order valence-corrected chi connectivity index (χ4v) is 4.11. The summed E-state index contributed by atoms with van der Waals surface area (Å²) in [4.78, 5) is 25.8. The minimum absolute atomic E-state index is 0.107. The highest BCUT2D eigenvalue weighted by molar-refractivity contribution is 5.85. The van der Waals surface area contributed by atoms with Crippen LogP contribution in [0.15, 0.2) is 42.5 Å². The van der Waals surface area contributed by atoms with E-state index in [9.17, 15) is 14.7 Å². The van der Waals surface area contributed by atoms with Crippen LogP contribution < -0.4 is 0 Å². The number of carboxylic acids is 1. The number of rotatable bonds is 4. The highest BCUT2D eigenvalue weighted by atomic mass is 16.6. The number of ether oxygens (including phenoxy) is 1. The molecule has 0 spiro atoms. The molecular weight excluding hydrogens is 354 g/mol. The van der Waals surface area contributed by atoms with Gasteiger partial charge in [-0.15, -0.1) is 0 Å². The van der Waals surface area contributed by atoms with Crippen molar-refractivity contribution in [3.63, 3.8) is 0 Å². The van der Waals surface area contributed by atoms with Crippen molar-refractivity contribution in [2.24, 2.45) is 17.8 Å². The Morgan fingerprint density at radius 3 is 2.50 bits per heavy atom. The number of amides is 1. The first kappa shape index (κ1) is 20.2. The average Bonchev–Trinajstić information content (AvgIpc) is 3.07. The molecule has 5 heteroatoms. The maximum absolute atomic E-state index is 12.4. The lowest BCUT2D eigenvalue weighted by Crippen LogP contribution is -2.36. The zero-order valence-electron chi connectivity index (χ0n) is 17.0. The molecule has 0 radical (unpaired) electrons. The van der Waals surface area contributed by atoms with E-state index in [2.05, 4.69) is 31.2 Å². The smallest absolute Gasteiger partial charge is 0.410 e. The Morgan fingerprint density at radius 1 is 1.14 bits per heavy atom. The minimum atomic E-state index is -0.846. The molecule has 0 bridgehead atoms. The summed E-state index contributed by atoms with van der Waals surface area (Å²) < 4.78 is 5.45. The second kappa shape index (κ2) is 7.82. The number of hydrogen-bond acceptors (Lipinski definition) is 3. The summed E-state index contributed by atoms with van der Waals surface area (Å²) in [6, 6.07) is 14.5. The Morgan fingerprint density at radius 2 is 1.82 bits per heavy atom. The first-order valence-electron chi connectivity index (χ1n) is 9.83. The Kier molecular flexibility index (Phi) is 5.64. The van der Waals surface area contributed by atoms with E-state index in [0.717, 1.165) is 6.42 Å². The molecular formula is C23H29NO4. The molecule has 0 aliphatic carbocycles. The number of hydrogen-bond donors (Lipinski definition) is 1. The number of fused-ring (bicyclic) bond motifs is 1. The molecule has 2 aromatic carbocycles. The third-order valence-electron chi connectivity index (χ3n) is 5.49. The summed E-state index contributed by atoms with van der Waals surface area (Å²) in [5.74, 6) is -1.40. The summed E-state index contributed by atoms with van der Waals surface area (Å²) in [5.41, 5.74) is 0.619. The molecule has 1 unspecified atom stereocenters. The molecule has 1 N–H and O–H groups in total. The van der Waals surface area contributed by atoms with Crippen LogP contribution in [0.4, 0.5) is 4.79 Å². The quantitative estimate of drug-likeness (QED) is 0.839. The largest absolute Gasteiger partial charge is 0.481 e. The minimum Gasteiger partial charge on any atom is -0.481 e. The average molecular weight is 383 g/mol. The molecule has 3 rings (SSSR count). The van der Waals surface area contributed by atoms with Gasteiger partial charge in [0, 0.05) is 13.1 Å². The molecule has 150 valence electrons. The van der Waals surface area contributed by atoms with Crippen LogP contribution >= 0.6 is 0 Å². The van der Waals surface area contributed by atoms with E-state index in [0.29, 0.717) is 6.54 Å². The Balaban J connectivity index is 1.78. The van der Waals surface area contributed by atoms with Gasteiger partial charge in [0.15, 0.2) is 0 Å². The summed E-state index contributed by atoms with van der Waals surface area (Å²) in [5, 5.41) is 12.1. The number of likely N-dealkylation sites (tertiary alicyclic amines) is 1. The molecule has 1 heterocycles. The van der Waals surface area contributed by atoms with Gasteiger partial charge in [0.25, 0.3) is 0 Å². The van der Waals surface area contributed by atoms with E-state index in [1.165, 1.54) is 16.3 Å². The lowest BCUT2D eigenvalue weighted by molar-refractivity contribution is -0.143. The van der Waals surface area contributed by atoms with Gasteiger partial charge in [-0.3, -0.25) is 4.79 Å². The number of benzene rings is 2. The summed E-state index contributed by atoms with van der Waals surface area (Å²) in [6.45, 7) is 8.15. The molecule has 3 atom stereocenters. The molecule has 0 saturated carbocycles. The monoisotopic (exact) mass is 383 g/mol. The van der Waals surface area contributed by atoms with Crippen LogP contribution in [0.2, 0.25) is 0 Å². The van der Waals surface area contributed by atoms with Crippen LogP contribution in [0.25, 0.3) is 10.8 Å². The molecule has 1 amide bonds. The van der Waals surface area contributed by atoms with Gasteiger partial charge >= 0.3 is 12.1 Å². The zero-order chi connectivity index (χ0) is 20.5. The molecule has 2 aromatic rings. The molecule has 1 aliphatic heterocycles. The molecule has 0 aromatic heterocycles. The van der Waals surface area contributed by atoms with E-state index < -0.39 is 23.6 Å². The van der Waals surface area contributed by atoms with Gasteiger partial charge in [0.1, 0.15) is 5.60 Å². The topological polar surface area (TPSA) is 66.8 Å². The third-order valence-corrected chi connectivity index (χ3v) is 5.49. The van der Waals surface area contributed by atoms with Crippen molar-refractivity contribution in [3.8, 4) is 0 Å². The van der Waals surface area contributed by atoms with Gasteiger partial charge in [-0.25, -0.2) is 4.79 Å². The zero-order valence-corrected chi connectivity index (χ0v) is 17.0. The molecule has 1 saturated heterocycles. The second-order valence-electron chi connectivity index (χ2n) is 8.81. The maximum Gasteiger partial charge on any atom is 0.410 e. The van der Waals surface area contributed by atoms with Gasteiger partial charge in [0.2, 0.25) is 0 Å². The summed E-state index contributed by atoms with van der Waals surface area (Å²) >= 11 is 0. The molecule has 5 nitrogen and oxygen atoms in total. The fraction of sp³-hybridized carbons (Fsp3) is 0.478. The van der Waals surface area contributed by atoms with Crippen molar-refractivity contribution in [2.75, 3.05) is 13.1 Å². The number of nitrogens with zero attached hydrogens (tertiary/aromatic N) is 1. The predicted molar refractivity (Wildman–Crippen MR) is 109 cm³/mol. The summed E-state index contributed by atoms with van der Waals surface area (Å²) in [7, 11) is 0. The van der Waals surface area contributed by atoms with Gasteiger partial charge in [-0.2, -0.15) is 0 Å². The van der Waals surface area contributed by atoms with E-state index in [-0.39, 0.29) is 18.4 Å².